The number of fused-ring (bicyclic) bond motifs is 1. The summed E-state index contributed by atoms with van der Waals surface area (Å²) in [7, 11) is 2.21. The van der Waals surface area contributed by atoms with Gasteiger partial charge in [0.25, 0.3) is 0 Å². The van der Waals surface area contributed by atoms with E-state index in [-0.39, 0.29) is 0 Å². The lowest BCUT2D eigenvalue weighted by Crippen LogP contribution is -2.42. The second-order valence-electron chi connectivity index (χ2n) is 3.39. The van der Waals surface area contributed by atoms with Crippen LogP contribution in [0.5, 0.6) is 0 Å². The molecule has 2 heteroatoms. The van der Waals surface area contributed by atoms with Crippen LogP contribution in [0.25, 0.3) is 0 Å². The average Bonchev–Trinajstić information content (AvgIpc) is 2.57. The fourth-order valence-corrected chi connectivity index (χ4v) is 2.12. The van der Waals surface area contributed by atoms with E-state index in [1.54, 1.807) is 0 Å². The van der Waals surface area contributed by atoms with E-state index in [4.69, 9.17) is 4.74 Å². The minimum Gasteiger partial charge on any atom is -0.377 e. The summed E-state index contributed by atoms with van der Waals surface area (Å²) in [5, 5.41) is 0. The quantitative estimate of drug-likeness (QED) is 0.552. The molecule has 0 aromatic carbocycles. The first kappa shape index (κ1) is 10.0. The molecule has 0 N–H and O–H groups in total. The van der Waals surface area contributed by atoms with E-state index in [2.05, 4.69) is 11.9 Å². The van der Waals surface area contributed by atoms with Gasteiger partial charge in [-0.05, 0) is 32.9 Å². The zero-order valence-corrected chi connectivity index (χ0v) is 8.55. The van der Waals surface area contributed by atoms with Crippen LogP contribution in [-0.4, -0.2) is 37.2 Å². The number of nitrogens with zero attached hydrogens (tertiary/aromatic N) is 1. The highest BCUT2D eigenvalue weighted by atomic mass is 16.5. The van der Waals surface area contributed by atoms with Crippen LogP contribution in [0.4, 0.5) is 0 Å². The molecule has 0 amide bonds. The van der Waals surface area contributed by atoms with Crippen LogP contribution in [0.2, 0.25) is 0 Å². The number of rotatable bonds is 0. The summed E-state index contributed by atoms with van der Waals surface area (Å²) in [5.74, 6) is 0. The van der Waals surface area contributed by atoms with Gasteiger partial charge in [-0.2, -0.15) is 0 Å². The molecular formula is C10H21NO. The van der Waals surface area contributed by atoms with Gasteiger partial charge in [0, 0.05) is 12.6 Å². The van der Waals surface area contributed by atoms with E-state index in [0.717, 1.165) is 12.6 Å². The van der Waals surface area contributed by atoms with Gasteiger partial charge in [-0.3, -0.25) is 0 Å². The first-order chi connectivity index (χ1) is 5.88. The van der Waals surface area contributed by atoms with Gasteiger partial charge >= 0.3 is 0 Å². The third-order valence-electron chi connectivity index (χ3n) is 2.74. The zero-order valence-electron chi connectivity index (χ0n) is 8.55. The van der Waals surface area contributed by atoms with Crippen LogP contribution < -0.4 is 0 Å². The number of likely N-dealkylation sites (tertiary alicyclic amines) is 1. The van der Waals surface area contributed by atoms with Crippen LogP contribution >= 0.6 is 0 Å². The molecule has 0 aromatic heterocycles. The Morgan fingerprint density at radius 3 is 2.67 bits per heavy atom. The molecule has 0 spiro atoms. The molecule has 2 rings (SSSR count). The van der Waals surface area contributed by atoms with Crippen LogP contribution in [0, 0.1) is 0 Å². The Balaban J connectivity index is 0.000000336. The van der Waals surface area contributed by atoms with Crippen molar-refractivity contribution < 1.29 is 4.74 Å². The van der Waals surface area contributed by atoms with E-state index >= 15 is 0 Å². The van der Waals surface area contributed by atoms with Crippen molar-refractivity contribution in [1.29, 1.82) is 0 Å². The molecule has 0 aliphatic carbocycles. The number of hydrogen-bond donors (Lipinski definition) is 0. The second kappa shape index (κ2) is 4.83. The van der Waals surface area contributed by atoms with E-state index in [1.165, 1.54) is 25.8 Å². The van der Waals surface area contributed by atoms with Gasteiger partial charge in [-0.25, -0.2) is 0 Å². The Bertz CT molecular complexity index is 127. The minimum atomic E-state index is 0.568. The zero-order chi connectivity index (χ0) is 8.97. The van der Waals surface area contributed by atoms with Crippen molar-refractivity contribution in [3.63, 3.8) is 0 Å². The third kappa shape index (κ3) is 1.99. The topological polar surface area (TPSA) is 12.5 Å². The highest BCUT2D eigenvalue weighted by molar-refractivity contribution is 4.87. The second-order valence-corrected chi connectivity index (χ2v) is 3.39. The van der Waals surface area contributed by atoms with Gasteiger partial charge in [0.15, 0.2) is 0 Å². The fourth-order valence-electron chi connectivity index (χ4n) is 2.12. The monoisotopic (exact) mass is 171 g/mol. The van der Waals surface area contributed by atoms with E-state index in [1.807, 2.05) is 13.8 Å². The standard InChI is InChI=1S/C8H15NO.C2H6/c1-9-5-2-3-8-7(9)4-6-10-8;1-2/h7-8H,2-6H2,1H3;1-2H3. The summed E-state index contributed by atoms with van der Waals surface area (Å²) >= 11 is 0. The molecule has 2 saturated heterocycles. The predicted molar refractivity (Wildman–Crippen MR) is 51.4 cm³/mol. The molecule has 2 heterocycles. The van der Waals surface area contributed by atoms with Gasteiger partial charge in [-0.15, -0.1) is 0 Å². The molecule has 0 saturated carbocycles. The van der Waals surface area contributed by atoms with Crippen molar-refractivity contribution in [3.05, 3.63) is 0 Å². The van der Waals surface area contributed by atoms with Gasteiger partial charge in [0.1, 0.15) is 0 Å². The minimum absolute atomic E-state index is 0.568. The Morgan fingerprint density at radius 2 is 2.00 bits per heavy atom. The number of piperidine rings is 1. The van der Waals surface area contributed by atoms with Crippen molar-refractivity contribution >= 4 is 0 Å². The maximum Gasteiger partial charge on any atom is 0.0731 e. The smallest absolute Gasteiger partial charge is 0.0731 e. The number of likely N-dealkylation sites (N-methyl/N-ethyl adjacent to an activating group) is 1. The molecular weight excluding hydrogens is 150 g/mol. The summed E-state index contributed by atoms with van der Waals surface area (Å²) in [6, 6.07) is 0.744. The Hall–Kier alpha value is -0.0800. The number of hydrogen-bond acceptors (Lipinski definition) is 2. The molecule has 12 heavy (non-hydrogen) atoms. The van der Waals surface area contributed by atoms with E-state index in [9.17, 15) is 0 Å². The molecule has 2 aliphatic rings. The van der Waals surface area contributed by atoms with Crippen molar-refractivity contribution in [2.24, 2.45) is 0 Å². The van der Waals surface area contributed by atoms with Gasteiger partial charge < -0.3 is 9.64 Å². The highest BCUT2D eigenvalue weighted by Crippen LogP contribution is 2.26. The largest absolute Gasteiger partial charge is 0.377 e. The average molecular weight is 171 g/mol. The van der Waals surface area contributed by atoms with Crippen LogP contribution in [0.15, 0.2) is 0 Å². The first-order valence-corrected chi connectivity index (χ1v) is 5.20. The fraction of sp³-hybridized carbons (Fsp3) is 1.00. The van der Waals surface area contributed by atoms with Gasteiger partial charge in [0.05, 0.1) is 6.10 Å². The number of ether oxygens (including phenoxy) is 1. The van der Waals surface area contributed by atoms with Crippen LogP contribution in [0.3, 0.4) is 0 Å². The van der Waals surface area contributed by atoms with Crippen molar-refractivity contribution in [2.45, 2.75) is 45.3 Å². The predicted octanol–water partition coefficient (Wildman–Crippen LogP) is 1.90. The molecule has 2 nitrogen and oxygen atoms in total. The normalized spacial score (nSPS) is 35.2. The summed E-state index contributed by atoms with van der Waals surface area (Å²) in [6.45, 7) is 6.25. The molecule has 0 bridgehead atoms. The molecule has 0 aromatic rings. The van der Waals surface area contributed by atoms with Gasteiger partial charge in [-0.1, -0.05) is 13.8 Å². The van der Waals surface area contributed by atoms with Crippen molar-refractivity contribution in [1.82, 2.24) is 4.90 Å². The Morgan fingerprint density at radius 1 is 1.25 bits per heavy atom. The molecule has 2 fully saturated rings. The SMILES string of the molecule is CC.CN1CCCC2OCCC21. The summed E-state index contributed by atoms with van der Waals surface area (Å²) < 4.78 is 5.59. The summed E-state index contributed by atoms with van der Waals surface area (Å²) in [5.41, 5.74) is 0. The van der Waals surface area contributed by atoms with Crippen molar-refractivity contribution in [3.8, 4) is 0 Å². The lowest BCUT2D eigenvalue weighted by molar-refractivity contribution is 0.0374. The molecule has 2 atom stereocenters. The Kier molecular flexibility index (Phi) is 4.02. The first-order valence-electron chi connectivity index (χ1n) is 5.20. The third-order valence-corrected chi connectivity index (χ3v) is 2.74. The molecule has 72 valence electrons. The maximum atomic E-state index is 5.59. The summed E-state index contributed by atoms with van der Waals surface area (Å²) in [6.07, 6.45) is 4.42. The highest BCUT2D eigenvalue weighted by Gasteiger charge is 2.33. The molecule has 2 aliphatic heterocycles. The molecule has 2 unspecified atom stereocenters. The van der Waals surface area contributed by atoms with E-state index in [0.29, 0.717) is 6.10 Å². The lowest BCUT2D eigenvalue weighted by atomic mass is 10.00. The van der Waals surface area contributed by atoms with E-state index < -0.39 is 0 Å². The maximum absolute atomic E-state index is 5.59. The Labute approximate surface area is 75.9 Å². The molecule has 0 radical (unpaired) electrons. The van der Waals surface area contributed by atoms with Crippen molar-refractivity contribution in [2.75, 3.05) is 20.2 Å². The van der Waals surface area contributed by atoms with Crippen LogP contribution in [-0.2, 0) is 4.74 Å². The van der Waals surface area contributed by atoms with Crippen LogP contribution in [0.1, 0.15) is 33.1 Å². The summed E-state index contributed by atoms with van der Waals surface area (Å²) in [4.78, 5) is 2.45. The lowest BCUT2D eigenvalue weighted by Gasteiger charge is -2.33. The van der Waals surface area contributed by atoms with Gasteiger partial charge in [0.2, 0.25) is 0 Å².